The van der Waals surface area contributed by atoms with Crippen molar-refractivity contribution in [2.75, 3.05) is 0 Å². The number of rotatable bonds is 5. The lowest BCUT2D eigenvalue weighted by Gasteiger charge is -2.08. The summed E-state index contributed by atoms with van der Waals surface area (Å²) in [7, 11) is 0. The van der Waals surface area contributed by atoms with Gasteiger partial charge in [0.05, 0.1) is 6.04 Å². The van der Waals surface area contributed by atoms with Crippen molar-refractivity contribution in [3.05, 3.63) is 47.4 Å². The lowest BCUT2D eigenvalue weighted by atomic mass is 10.1. The second-order valence-electron chi connectivity index (χ2n) is 5.50. The number of benzene rings is 1. The third-order valence-corrected chi connectivity index (χ3v) is 3.79. The van der Waals surface area contributed by atoms with E-state index in [1.54, 1.807) is 12.1 Å². The Hall–Kier alpha value is -2.43. The summed E-state index contributed by atoms with van der Waals surface area (Å²) in [5.41, 5.74) is 2.66. The van der Waals surface area contributed by atoms with Gasteiger partial charge >= 0.3 is 0 Å². The van der Waals surface area contributed by atoms with Crippen LogP contribution in [0.4, 0.5) is 0 Å². The Morgan fingerprint density at radius 1 is 1.27 bits per heavy atom. The van der Waals surface area contributed by atoms with Gasteiger partial charge in [0.15, 0.2) is 0 Å². The van der Waals surface area contributed by atoms with E-state index in [1.165, 1.54) is 6.33 Å². The van der Waals surface area contributed by atoms with Gasteiger partial charge in [0.2, 0.25) is 5.88 Å². The molecule has 0 spiro atoms. The number of carbonyl (C=O) groups is 1. The van der Waals surface area contributed by atoms with Crippen LogP contribution in [0.5, 0.6) is 11.6 Å². The predicted molar refractivity (Wildman–Crippen MR) is 83.0 cm³/mol. The van der Waals surface area contributed by atoms with Gasteiger partial charge in [-0.3, -0.25) is 4.79 Å². The molecule has 3 rings (SSSR count). The second-order valence-corrected chi connectivity index (χ2v) is 5.50. The van der Waals surface area contributed by atoms with Crippen LogP contribution >= 0.6 is 0 Å². The lowest BCUT2D eigenvalue weighted by molar-refractivity contribution is 0.0958. The highest BCUT2D eigenvalue weighted by Crippen LogP contribution is 2.30. The topological polar surface area (TPSA) is 64.1 Å². The number of hydrogen-bond acceptors (Lipinski definition) is 4. The summed E-state index contributed by atoms with van der Waals surface area (Å²) >= 11 is 0. The Morgan fingerprint density at radius 3 is 2.95 bits per heavy atom. The Labute approximate surface area is 129 Å². The standard InChI is InChI=1S/C17H19N3O2/c1-3-4-5-12-8-16(19-10-18-12)22-13-6-7-14-15(9-13)11(2)20-17(14)21/h6-11H,3-5H2,1-2H3,(H,20,21). The summed E-state index contributed by atoms with van der Waals surface area (Å²) < 4.78 is 5.82. The van der Waals surface area contributed by atoms with Crippen molar-refractivity contribution >= 4 is 5.91 Å². The molecule has 22 heavy (non-hydrogen) atoms. The molecule has 1 amide bonds. The predicted octanol–water partition coefficient (Wildman–Crippen LogP) is 3.42. The molecule has 0 bridgehead atoms. The maximum atomic E-state index is 11.7. The van der Waals surface area contributed by atoms with E-state index >= 15 is 0 Å². The van der Waals surface area contributed by atoms with Gasteiger partial charge in [0.1, 0.15) is 12.1 Å². The van der Waals surface area contributed by atoms with Crippen molar-refractivity contribution < 1.29 is 9.53 Å². The van der Waals surface area contributed by atoms with Crippen LogP contribution in [0.2, 0.25) is 0 Å². The van der Waals surface area contributed by atoms with Crippen LogP contribution in [0, 0.1) is 0 Å². The summed E-state index contributed by atoms with van der Waals surface area (Å²) in [6.07, 6.45) is 4.68. The quantitative estimate of drug-likeness (QED) is 0.918. The normalized spacial score (nSPS) is 16.3. The SMILES string of the molecule is CCCCc1cc(Oc2ccc3c(c2)C(C)NC3=O)ncn1. The van der Waals surface area contributed by atoms with Gasteiger partial charge in [0.25, 0.3) is 5.91 Å². The zero-order chi connectivity index (χ0) is 15.5. The molecule has 1 atom stereocenters. The fourth-order valence-corrected chi connectivity index (χ4v) is 2.57. The van der Waals surface area contributed by atoms with E-state index in [0.29, 0.717) is 17.2 Å². The van der Waals surface area contributed by atoms with Gasteiger partial charge in [-0.25, -0.2) is 9.97 Å². The molecular formula is C17H19N3O2. The number of carbonyl (C=O) groups excluding carboxylic acids is 1. The molecule has 114 valence electrons. The fourth-order valence-electron chi connectivity index (χ4n) is 2.57. The zero-order valence-electron chi connectivity index (χ0n) is 12.8. The Kier molecular flexibility index (Phi) is 4.04. The average molecular weight is 297 g/mol. The molecule has 2 aromatic rings. The molecule has 5 nitrogen and oxygen atoms in total. The van der Waals surface area contributed by atoms with Crippen LogP contribution in [0.15, 0.2) is 30.6 Å². The van der Waals surface area contributed by atoms with Gasteiger partial charge in [-0.15, -0.1) is 0 Å². The summed E-state index contributed by atoms with van der Waals surface area (Å²) in [4.78, 5) is 20.1. The number of aromatic nitrogens is 2. The van der Waals surface area contributed by atoms with E-state index in [-0.39, 0.29) is 11.9 Å². The van der Waals surface area contributed by atoms with Crippen LogP contribution in [-0.2, 0) is 6.42 Å². The molecule has 1 aromatic heterocycles. The molecule has 1 aliphatic rings. The number of nitrogens with one attached hydrogen (secondary N) is 1. The van der Waals surface area contributed by atoms with Crippen molar-refractivity contribution in [1.29, 1.82) is 0 Å². The minimum atomic E-state index is -0.0297. The van der Waals surface area contributed by atoms with Crippen LogP contribution in [-0.4, -0.2) is 15.9 Å². The average Bonchev–Trinajstić information content (AvgIpc) is 2.80. The maximum absolute atomic E-state index is 11.7. The molecule has 0 saturated carbocycles. The monoisotopic (exact) mass is 297 g/mol. The molecule has 1 aromatic carbocycles. The molecule has 0 radical (unpaired) electrons. The number of amides is 1. The van der Waals surface area contributed by atoms with Gasteiger partial charge in [-0.1, -0.05) is 13.3 Å². The minimum absolute atomic E-state index is 0.0107. The molecule has 0 fully saturated rings. The first-order valence-electron chi connectivity index (χ1n) is 7.61. The minimum Gasteiger partial charge on any atom is -0.439 e. The van der Waals surface area contributed by atoms with E-state index < -0.39 is 0 Å². The Morgan fingerprint density at radius 2 is 2.14 bits per heavy atom. The van der Waals surface area contributed by atoms with Crippen LogP contribution < -0.4 is 10.1 Å². The number of hydrogen-bond donors (Lipinski definition) is 1. The van der Waals surface area contributed by atoms with E-state index in [9.17, 15) is 4.79 Å². The van der Waals surface area contributed by atoms with Crippen molar-refractivity contribution in [3.63, 3.8) is 0 Å². The van der Waals surface area contributed by atoms with E-state index in [0.717, 1.165) is 30.5 Å². The largest absolute Gasteiger partial charge is 0.439 e. The van der Waals surface area contributed by atoms with Crippen molar-refractivity contribution in [2.45, 2.75) is 39.2 Å². The first kappa shape index (κ1) is 14.5. The summed E-state index contributed by atoms with van der Waals surface area (Å²) in [6.45, 7) is 4.11. The van der Waals surface area contributed by atoms with Crippen molar-refractivity contribution in [3.8, 4) is 11.6 Å². The van der Waals surface area contributed by atoms with Crippen LogP contribution in [0.3, 0.4) is 0 Å². The Balaban J connectivity index is 1.79. The van der Waals surface area contributed by atoms with Crippen molar-refractivity contribution in [1.82, 2.24) is 15.3 Å². The van der Waals surface area contributed by atoms with Crippen molar-refractivity contribution in [2.24, 2.45) is 0 Å². The molecule has 2 heterocycles. The molecule has 1 N–H and O–H groups in total. The highest BCUT2D eigenvalue weighted by atomic mass is 16.5. The molecule has 0 aliphatic carbocycles. The maximum Gasteiger partial charge on any atom is 0.252 e. The molecule has 1 aliphatic heterocycles. The fraction of sp³-hybridized carbons (Fsp3) is 0.353. The third kappa shape index (κ3) is 2.93. The number of aryl methyl sites for hydroxylation is 1. The molecule has 1 unspecified atom stereocenters. The number of fused-ring (bicyclic) bond motifs is 1. The smallest absolute Gasteiger partial charge is 0.252 e. The molecule has 5 heteroatoms. The van der Waals surface area contributed by atoms with Crippen LogP contribution in [0.25, 0.3) is 0 Å². The lowest BCUT2D eigenvalue weighted by Crippen LogP contribution is -2.16. The first-order valence-corrected chi connectivity index (χ1v) is 7.61. The summed E-state index contributed by atoms with van der Waals surface area (Å²) in [5, 5.41) is 2.89. The zero-order valence-corrected chi connectivity index (χ0v) is 12.8. The number of ether oxygens (including phenoxy) is 1. The number of nitrogens with zero attached hydrogens (tertiary/aromatic N) is 2. The highest BCUT2D eigenvalue weighted by Gasteiger charge is 2.25. The van der Waals surface area contributed by atoms with Crippen LogP contribution in [0.1, 0.15) is 54.3 Å². The van der Waals surface area contributed by atoms with Gasteiger partial charge in [-0.05, 0) is 43.5 Å². The van der Waals surface area contributed by atoms with Gasteiger partial charge < -0.3 is 10.1 Å². The van der Waals surface area contributed by atoms with Gasteiger partial charge in [0, 0.05) is 17.3 Å². The summed E-state index contributed by atoms with van der Waals surface area (Å²) in [5.74, 6) is 1.19. The summed E-state index contributed by atoms with van der Waals surface area (Å²) in [6, 6.07) is 7.37. The second kappa shape index (κ2) is 6.13. The van der Waals surface area contributed by atoms with E-state index in [4.69, 9.17) is 4.74 Å². The highest BCUT2D eigenvalue weighted by molar-refractivity contribution is 5.99. The van der Waals surface area contributed by atoms with Gasteiger partial charge in [-0.2, -0.15) is 0 Å². The van der Waals surface area contributed by atoms with E-state index in [2.05, 4.69) is 22.2 Å². The Bertz CT molecular complexity index is 700. The molecule has 0 saturated heterocycles. The third-order valence-electron chi connectivity index (χ3n) is 3.79. The number of unbranched alkanes of at least 4 members (excludes halogenated alkanes) is 1. The first-order chi connectivity index (χ1) is 10.7. The van der Waals surface area contributed by atoms with E-state index in [1.807, 2.05) is 19.1 Å². The molecular weight excluding hydrogens is 278 g/mol.